The van der Waals surface area contributed by atoms with Crippen LogP contribution in [0, 0.1) is 0 Å². The van der Waals surface area contributed by atoms with Gasteiger partial charge in [0.05, 0.1) is 31.9 Å². The second-order valence-corrected chi connectivity index (χ2v) is 7.56. The van der Waals surface area contributed by atoms with Gasteiger partial charge in [0.1, 0.15) is 17.3 Å². The van der Waals surface area contributed by atoms with Gasteiger partial charge in [0.25, 0.3) is 11.7 Å². The van der Waals surface area contributed by atoms with Gasteiger partial charge in [-0.3, -0.25) is 9.59 Å². The van der Waals surface area contributed by atoms with Crippen LogP contribution in [-0.4, -0.2) is 55.2 Å². The third-order valence-electron chi connectivity index (χ3n) is 5.75. The predicted octanol–water partition coefficient (Wildman–Crippen LogP) is 3.30. The number of hydrogen-bond acceptors (Lipinski definition) is 6. The van der Waals surface area contributed by atoms with E-state index in [1.54, 1.807) is 49.6 Å². The number of nitrogens with zero attached hydrogens (tertiary/aromatic N) is 1. The molecule has 1 N–H and O–H groups in total. The van der Waals surface area contributed by atoms with Crippen molar-refractivity contribution in [1.29, 1.82) is 0 Å². The summed E-state index contributed by atoms with van der Waals surface area (Å²) in [5.74, 6) is -0.544. The molecule has 0 spiro atoms. The summed E-state index contributed by atoms with van der Waals surface area (Å²) in [4.78, 5) is 27.6. The average Bonchev–Trinajstić information content (AvgIpc) is 3.41. The van der Waals surface area contributed by atoms with Crippen molar-refractivity contribution < 1.29 is 28.9 Å². The highest BCUT2D eigenvalue weighted by Gasteiger charge is 2.48. The lowest BCUT2D eigenvalue weighted by atomic mass is 9.94. The number of ether oxygens (including phenoxy) is 3. The number of likely N-dealkylation sites (tertiary alicyclic amines) is 1. The van der Waals surface area contributed by atoms with Crippen molar-refractivity contribution in [2.75, 3.05) is 27.4 Å². The maximum Gasteiger partial charge on any atom is 0.295 e. The fourth-order valence-electron chi connectivity index (χ4n) is 4.20. The molecule has 1 amide bonds. The highest BCUT2D eigenvalue weighted by molar-refractivity contribution is 6.46. The third-order valence-corrected chi connectivity index (χ3v) is 5.75. The molecule has 2 aliphatic heterocycles. The molecular formula is C24H25NO6. The van der Waals surface area contributed by atoms with Crippen LogP contribution in [0.5, 0.6) is 11.5 Å². The number of benzene rings is 2. The first-order valence-corrected chi connectivity index (χ1v) is 10.2. The summed E-state index contributed by atoms with van der Waals surface area (Å²) in [5, 5.41) is 11.1. The maximum atomic E-state index is 13.1. The minimum Gasteiger partial charge on any atom is -0.507 e. The van der Waals surface area contributed by atoms with Crippen molar-refractivity contribution in [1.82, 2.24) is 4.90 Å². The lowest BCUT2D eigenvalue weighted by Crippen LogP contribution is -2.36. The molecule has 0 unspecified atom stereocenters. The molecule has 162 valence electrons. The van der Waals surface area contributed by atoms with E-state index in [0.29, 0.717) is 29.2 Å². The van der Waals surface area contributed by atoms with Crippen LogP contribution in [0.3, 0.4) is 0 Å². The standard InChI is InChI=1S/C24H25NO6/c1-29-16-10-11-18(19(13-16)30-2)21-20(22(26)15-7-4-3-5-8-15)23(27)24(28)25(21)14-17-9-6-12-31-17/h3-5,7-8,10-11,13,17,21,26H,6,9,12,14H2,1-2H3/t17-,21+/m0/s1. The van der Waals surface area contributed by atoms with Crippen LogP contribution in [-0.2, 0) is 14.3 Å². The number of aliphatic hydroxyl groups excluding tert-OH is 1. The average molecular weight is 423 g/mol. The van der Waals surface area contributed by atoms with Gasteiger partial charge in [-0.25, -0.2) is 0 Å². The van der Waals surface area contributed by atoms with E-state index in [-0.39, 0.29) is 24.0 Å². The summed E-state index contributed by atoms with van der Waals surface area (Å²) < 4.78 is 16.6. The molecule has 2 fully saturated rings. The van der Waals surface area contributed by atoms with E-state index in [1.165, 1.54) is 12.0 Å². The fourth-order valence-corrected chi connectivity index (χ4v) is 4.20. The number of carbonyl (C=O) groups is 2. The third kappa shape index (κ3) is 3.88. The van der Waals surface area contributed by atoms with Gasteiger partial charge in [-0.2, -0.15) is 0 Å². The fraction of sp³-hybridized carbons (Fsp3) is 0.333. The van der Waals surface area contributed by atoms with Crippen LogP contribution < -0.4 is 9.47 Å². The van der Waals surface area contributed by atoms with E-state index in [4.69, 9.17) is 14.2 Å². The largest absolute Gasteiger partial charge is 0.507 e. The zero-order valence-corrected chi connectivity index (χ0v) is 17.5. The Hall–Kier alpha value is -3.32. The molecule has 7 heteroatoms. The summed E-state index contributed by atoms with van der Waals surface area (Å²) in [6.45, 7) is 0.894. The number of carbonyl (C=O) groups excluding carboxylic acids is 2. The Morgan fingerprint density at radius 1 is 1.13 bits per heavy atom. The monoisotopic (exact) mass is 423 g/mol. The molecular weight excluding hydrogens is 398 g/mol. The quantitative estimate of drug-likeness (QED) is 0.436. The molecule has 2 saturated heterocycles. The van der Waals surface area contributed by atoms with Gasteiger partial charge >= 0.3 is 0 Å². The molecule has 2 aromatic rings. The maximum absolute atomic E-state index is 13.1. The molecule has 2 heterocycles. The number of rotatable bonds is 6. The number of ketones is 1. The predicted molar refractivity (Wildman–Crippen MR) is 114 cm³/mol. The summed E-state index contributed by atoms with van der Waals surface area (Å²) >= 11 is 0. The first-order valence-electron chi connectivity index (χ1n) is 10.2. The highest BCUT2D eigenvalue weighted by atomic mass is 16.5. The topological polar surface area (TPSA) is 85.3 Å². The Labute approximate surface area is 180 Å². The summed E-state index contributed by atoms with van der Waals surface area (Å²) in [6.07, 6.45) is 1.57. The molecule has 4 rings (SSSR count). The van der Waals surface area contributed by atoms with Gasteiger partial charge in [0.15, 0.2) is 0 Å². The van der Waals surface area contributed by atoms with E-state index >= 15 is 0 Å². The zero-order valence-electron chi connectivity index (χ0n) is 17.5. The van der Waals surface area contributed by atoms with Gasteiger partial charge in [-0.05, 0) is 25.0 Å². The zero-order chi connectivity index (χ0) is 22.0. The molecule has 0 aromatic heterocycles. The van der Waals surface area contributed by atoms with Crippen molar-refractivity contribution >= 4 is 17.4 Å². The second-order valence-electron chi connectivity index (χ2n) is 7.56. The van der Waals surface area contributed by atoms with E-state index < -0.39 is 17.7 Å². The highest BCUT2D eigenvalue weighted by Crippen LogP contribution is 2.44. The summed E-state index contributed by atoms with van der Waals surface area (Å²) in [6, 6.07) is 13.1. The minimum absolute atomic E-state index is 0.0395. The smallest absolute Gasteiger partial charge is 0.295 e. The van der Waals surface area contributed by atoms with E-state index in [0.717, 1.165) is 12.8 Å². The van der Waals surface area contributed by atoms with Crippen LogP contribution in [0.1, 0.15) is 30.0 Å². The molecule has 0 saturated carbocycles. The number of amides is 1. The Morgan fingerprint density at radius 3 is 2.55 bits per heavy atom. The molecule has 7 nitrogen and oxygen atoms in total. The Balaban J connectivity index is 1.87. The molecule has 2 atom stereocenters. The molecule has 2 aliphatic rings. The molecule has 0 bridgehead atoms. The first-order chi connectivity index (χ1) is 15.0. The Morgan fingerprint density at radius 2 is 1.90 bits per heavy atom. The number of Topliss-reactive ketones (excluding diaryl/α,β-unsaturated/α-hetero) is 1. The summed E-state index contributed by atoms with van der Waals surface area (Å²) in [5.41, 5.74) is 1.10. The molecule has 0 radical (unpaired) electrons. The van der Waals surface area contributed by atoms with Crippen LogP contribution >= 0.6 is 0 Å². The van der Waals surface area contributed by atoms with Crippen LogP contribution in [0.15, 0.2) is 54.1 Å². The lowest BCUT2D eigenvalue weighted by molar-refractivity contribution is -0.140. The first kappa shape index (κ1) is 20.9. The minimum atomic E-state index is -0.801. The van der Waals surface area contributed by atoms with Crippen molar-refractivity contribution in [3.05, 3.63) is 65.2 Å². The van der Waals surface area contributed by atoms with Crippen LogP contribution in [0.25, 0.3) is 5.76 Å². The second kappa shape index (κ2) is 8.81. The Kier molecular flexibility index (Phi) is 5.95. The van der Waals surface area contributed by atoms with Gasteiger partial charge in [-0.15, -0.1) is 0 Å². The lowest BCUT2D eigenvalue weighted by Gasteiger charge is -2.28. The van der Waals surface area contributed by atoms with Crippen LogP contribution in [0.2, 0.25) is 0 Å². The van der Waals surface area contributed by atoms with E-state index in [2.05, 4.69) is 0 Å². The van der Waals surface area contributed by atoms with Crippen molar-refractivity contribution in [3.8, 4) is 11.5 Å². The Bertz CT molecular complexity index is 1010. The number of hydrogen-bond donors (Lipinski definition) is 1. The van der Waals surface area contributed by atoms with Gasteiger partial charge < -0.3 is 24.2 Å². The number of aliphatic hydroxyl groups is 1. The van der Waals surface area contributed by atoms with Gasteiger partial charge in [-0.1, -0.05) is 30.3 Å². The van der Waals surface area contributed by atoms with Gasteiger partial charge in [0.2, 0.25) is 0 Å². The van der Waals surface area contributed by atoms with Gasteiger partial charge in [0, 0.05) is 30.3 Å². The SMILES string of the molecule is COc1ccc([C@@H]2C(=C(O)c3ccccc3)C(=O)C(=O)N2C[C@@H]2CCCO2)c(OC)c1. The normalized spacial score (nSPS) is 22.7. The van der Waals surface area contributed by atoms with Crippen molar-refractivity contribution in [3.63, 3.8) is 0 Å². The van der Waals surface area contributed by atoms with Crippen LogP contribution in [0.4, 0.5) is 0 Å². The molecule has 31 heavy (non-hydrogen) atoms. The van der Waals surface area contributed by atoms with Crippen molar-refractivity contribution in [2.24, 2.45) is 0 Å². The van der Waals surface area contributed by atoms with Crippen molar-refractivity contribution in [2.45, 2.75) is 25.0 Å². The molecule has 2 aromatic carbocycles. The van der Waals surface area contributed by atoms with E-state index in [1.807, 2.05) is 6.07 Å². The van der Waals surface area contributed by atoms with E-state index in [9.17, 15) is 14.7 Å². The molecule has 0 aliphatic carbocycles. The summed E-state index contributed by atoms with van der Waals surface area (Å²) in [7, 11) is 3.06. The number of methoxy groups -OCH3 is 2.